The molecule has 81 heavy (non-hydrogen) atoms. The number of carbonyl (C=O) groups excluding carboxylic acids is 5. The van der Waals surface area contributed by atoms with Gasteiger partial charge in [-0.3, -0.25) is 4.79 Å². The van der Waals surface area contributed by atoms with Crippen LogP contribution in [-0.2, 0) is 28.9 Å². The molecule has 1 N–H and O–H groups in total. The molecule has 4 amide bonds. The van der Waals surface area contributed by atoms with Gasteiger partial charge in [0.15, 0.2) is 23.2 Å². The average molecular weight is 1180 g/mol. The van der Waals surface area contributed by atoms with Crippen molar-refractivity contribution in [2.45, 2.75) is 143 Å². The Kier molecular flexibility index (Phi) is 22.9. The second-order valence-electron chi connectivity index (χ2n) is 24.2. The number of nitrogens with one attached hydrogen (secondary N) is 1. The van der Waals surface area contributed by atoms with Gasteiger partial charge in [-0.05, 0) is 115 Å². The van der Waals surface area contributed by atoms with Gasteiger partial charge in [0.2, 0.25) is 0 Å². The third-order valence-electron chi connectivity index (χ3n) is 12.5. The Morgan fingerprint density at radius 2 is 0.840 bits per heavy atom. The fourth-order valence-electron chi connectivity index (χ4n) is 8.47. The minimum absolute atomic E-state index is 0.00408. The third kappa shape index (κ3) is 20.9. The highest BCUT2D eigenvalue weighted by Gasteiger charge is 2.39. The summed E-state index contributed by atoms with van der Waals surface area (Å²) in [6.45, 7) is 36.6. The molecule has 0 saturated carbocycles. The molecule has 5 fully saturated rings. The van der Waals surface area contributed by atoms with Gasteiger partial charge in [-0.1, -0.05) is 15.5 Å². The first-order valence-electron chi connectivity index (χ1n) is 27.5. The summed E-state index contributed by atoms with van der Waals surface area (Å²) in [5, 5.41) is 15.0. The van der Waals surface area contributed by atoms with Gasteiger partial charge in [0.05, 0.1) is 9.64 Å². The van der Waals surface area contributed by atoms with Crippen LogP contribution in [0.2, 0.25) is 0 Å². The van der Waals surface area contributed by atoms with Gasteiger partial charge in [-0.25, -0.2) is 28.0 Å². The lowest BCUT2D eigenvalue weighted by atomic mass is 10.2. The van der Waals surface area contributed by atoms with Crippen molar-refractivity contribution in [2.24, 2.45) is 0 Å². The number of rotatable bonds is 6. The molecule has 8 heterocycles. The number of hydrogen-bond donors (Lipinski definition) is 1. The van der Waals surface area contributed by atoms with Crippen LogP contribution in [0.15, 0.2) is 32.4 Å². The lowest BCUT2D eigenvalue weighted by molar-refractivity contribution is 0.0162. The molecule has 5 saturated heterocycles. The van der Waals surface area contributed by atoms with Crippen molar-refractivity contribution in [1.82, 2.24) is 40.4 Å². The van der Waals surface area contributed by atoms with E-state index in [2.05, 4.69) is 37.1 Å². The molecule has 23 nitrogen and oxygen atoms in total. The molecule has 0 aliphatic carbocycles. The van der Waals surface area contributed by atoms with E-state index in [9.17, 15) is 32.8 Å². The number of aromatic nitrogens is 3. The van der Waals surface area contributed by atoms with Crippen LogP contribution in [0.25, 0.3) is 0 Å². The van der Waals surface area contributed by atoms with Crippen molar-refractivity contribution in [1.29, 1.82) is 0 Å². The monoisotopic (exact) mass is 1180 g/mol. The SMILES string of the molecule is CC(=O)c1conc1N1CCN(C(=O)OC(C)(C)C)CC1.CC(C)(C)OC(=O)N1CCN(c2nocc2C(C)(F)F)CC1.CC(C)(C)OC(=O)N1CCN(c2nocc2C2(C)SCCCS2)CC1.CC(C)(C)OC(=O)N1CCNCC1. The first-order valence-corrected chi connectivity index (χ1v) is 29.5. The lowest BCUT2D eigenvalue weighted by Gasteiger charge is -2.38. The molecule has 0 aromatic carbocycles. The first kappa shape index (κ1) is 66.1. The van der Waals surface area contributed by atoms with Crippen molar-refractivity contribution in [3.63, 3.8) is 0 Å². The fraction of sp³-hybridized carbons (Fsp3) is 0.741. The molecule has 0 unspecified atom stereocenters. The van der Waals surface area contributed by atoms with Crippen LogP contribution in [0.3, 0.4) is 0 Å². The van der Waals surface area contributed by atoms with Gasteiger partial charge in [-0.15, -0.1) is 23.5 Å². The Morgan fingerprint density at radius 3 is 1.22 bits per heavy atom. The average Bonchev–Trinajstić information content (AvgIpc) is 4.35. The second kappa shape index (κ2) is 28.0. The summed E-state index contributed by atoms with van der Waals surface area (Å²) in [4.78, 5) is 71.7. The number of anilines is 3. The molecule has 8 rings (SSSR count). The number of nitrogens with zero attached hydrogens (tertiary/aromatic N) is 10. The molecule has 5 aliphatic rings. The zero-order valence-electron chi connectivity index (χ0n) is 50.1. The topological polar surface area (TPSA) is 235 Å². The Labute approximate surface area is 484 Å². The number of amides is 4. The Bertz CT molecular complexity index is 2500. The molecule has 3 aromatic heterocycles. The van der Waals surface area contributed by atoms with Gasteiger partial charge in [-0.2, -0.15) is 0 Å². The van der Waals surface area contributed by atoms with Crippen LogP contribution in [0.4, 0.5) is 45.4 Å². The third-order valence-corrected chi connectivity index (χ3v) is 15.7. The van der Waals surface area contributed by atoms with E-state index in [1.807, 2.05) is 90.7 Å². The molecule has 5 aliphatic heterocycles. The number of halogens is 2. The standard InChI is InChI=1S/C17H27N3O3S2.C14H21F2N3O3.C14H21N3O4.C9H18N2O2/c1-16(2,3)23-15(21)20-8-6-19(7-9-20)14-13(12-22-18-14)17(4)24-10-5-11-25-17;1-13(2,3)22-12(20)19-7-5-18(6-8-19)11-10(9-21-17-11)14(4,15)16;1-10(18)11-9-20-15-12(11)16-5-7-17(8-6-16)13(19)21-14(2,3)4;1-9(2,3)13-8(12)11-6-4-10-5-7-11/h12H,5-11H2,1-4H3;9H,5-8H2,1-4H3;9H,5-8H2,1-4H3;10H,4-7H2,1-3H3. The van der Waals surface area contributed by atoms with Crippen molar-refractivity contribution >= 4 is 71.1 Å². The number of carbonyl (C=O) groups is 5. The number of alkyl halides is 2. The first-order chi connectivity index (χ1) is 37.6. The summed E-state index contributed by atoms with van der Waals surface area (Å²) in [6, 6.07) is 0. The van der Waals surface area contributed by atoms with E-state index in [0.29, 0.717) is 76.8 Å². The van der Waals surface area contributed by atoms with Crippen molar-refractivity contribution in [3.8, 4) is 0 Å². The van der Waals surface area contributed by atoms with Gasteiger partial charge in [0.25, 0.3) is 5.92 Å². The van der Waals surface area contributed by atoms with E-state index in [4.69, 9.17) is 28.0 Å². The zero-order chi connectivity index (χ0) is 60.1. The van der Waals surface area contributed by atoms with Crippen LogP contribution < -0.4 is 20.0 Å². The number of ether oxygens (including phenoxy) is 4. The fourth-order valence-corrected chi connectivity index (χ4v) is 11.4. The van der Waals surface area contributed by atoms with Crippen LogP contribution in [-0.4, -0.2) is 204 Å². The van der Waals surface area contributed by atoms with Gasteiger partial charge in [0.1, 0.15) is 52.3 Å². The van der Waals surface area contributed by atoms with Crippen molar-refractivity contribution in [2.75, 3.05) is 131 Å². The Balaban J connectivity index is 0.000000203. The maximum atomic E-state index is 13.5. The van der Waals surface area contributed by atoms with Gasteiger partial charge in [0, 0.05) is 112 Å². The second-order valence-corrected chi connectivity index (χ2v) is 27.5. The minimum Gasteiger partial charge on any atom is -0.444 e. The van der Waals surface area contributed by atoms with Gasteiger partial charge < -0.3 is 72.1 Å². The summed E-state index contributed by atoms with van der Waals surface area (Å²) in [7, 11) is 0. The molecule has 0 atom stereocenters. The zero-order valence-corrected chi connectivity index (χ0v) is 51.7. The summed E-state index contributed by atoms with van der Waals surface area (Å²) >= 11 is 3.93. The highest BCUT2D eigenvalue weighted by atomic mass is 32.2. The predicted molar refractivity (Wildman–Crippen MR) is 307 cm³/mol. The van der Waals surface area contributed by atoms with E-state index in [1.165, 1.54) is 31.1 Å². The van der Waals surface area contributed by atoms with Crippen molar-refractivity contribution < 1.29 is 65.3 Å². The minimum atomic E-state index is -3.02. The summed E-state index contributed by atoms with van der Waals surface area (Å²) < 4.78 is 63.2. The summed E-state index contributed by atoms with van der Waals surface area (Å²) in [5.41, 5.74) is -0.508. The molecule has 0 radical (unpaired) electrons. The molecule has 0 spiro atoms. The van der Waals surface area contributed by atoms with E-state index in [0.717, 1.165) is 63.8 Å². The van der Waals surface area contributed by atoms with Gasteiger partial charge >= 0.3 is 24.4 Å². The lowest BCUT2D eigenvalue weighted by Crippen LogP contribution is -2.50. The molecule has 27 heteroatoms. The molecule has 0 bridgehead atoms. The van der Waals surface area contributed by atoms with Crippen LogP contribution in [0.5, 0.6) is 0 Å². The Morgan fingerprint density at radius 1 is 0.506 bits per heavy atom. The number of Topliss-reactive ketones (excluding diaryl/α,β-unsaturated/α-hetero) is 1. The summed E-state index contributed by atoms with van der Waals surface area (Å²) in [5.74, 6) is 0.843. The number of thioether (sulfide) groups is 2. The molecule has 3 aromatic rings. The largest absolute Gasteiger partial charge is 0.444 e. The Hall–Kier alpha value is -5.70. The highest BCUT2D eigenvalue weighted by Crippen LogP contribution is 2.52. The van der Waals surface area contributed by atoms with Crippen LogP contribution >= 0.6 is 23.5 Å². The molecular weight excluding hydrogens is 1100 g/mol. The summed E-state index contributed by atoms with van der Waals surface area (Å²) in [6.07, 6.45) is 4.23. The van der Waals surface area contributed by atoms with E-state index >= 15 is 0 Å². The van der Waals surface area contributed by atoms with E-state index in [1.54, 1.807) is 51.5 Å². The number of ketones is 1. The molecule has 456 valence electrons. The van der Waals surface area contributed by atoms with E-state index < -0.39 is 28.8 Å². The van der Waals surface area contributed by atoms with Crippen LogP contribution in [0.1, 0.15) is 132 Å². The van der Waals surface area contributed by atoms with Crippen LogP contribution in [0, 0.1) is 0 Å². The number of piperazine rings is 4. The van der Waals surface area contributed by atoms with E-state index in [-0.39, 0.29) is 45.1 Å². The normalized spacial score (nSPS) is 18.3. The quantitative estimate of drug-likeness (QED) is 0.179. The molecular formula is C54H87F2N11O12S2. The predicted octanol–water partition coefficient (Wildman–Crippen LogP) is 9.38. The maximum absolute atomic E-state index is 13.5. The highest BCUT2D eigenvalue weighted by molar-refractivity contribution is 8.18. The van der Waals surface area contributed by atoms with Crippen molar-refractivity contribution in [3.05, 3.63) is 35.5 Å². The smallest absolute Gasteiger partial charge is 0.410 e. The maximum Gasteiger partial charge on any atom is 0.410 e. The number of hydrogen-bond acceptors (Lipinski definition) is 21.